The molecule has 0 aliphatic heterocycles. The summed E-state index contributed by atoms with van der Waals surface area (Å²) in [6, 6.07) is 17.5. The molecule has 1 aromatic heterocycles. The van der Waals surface area contributed by atoms with Crippen LogP contribution in [0.5, 0.6) is 0 Å². The lowest BCUT2D eigenvalue weighted by Gasteiger charge is -2.04. The van der Waals surface area contributed by atoms with Crippen molar-refractivity contribution in [1.82, 2.24) is 4.72 Å². The van der Waals surface area contributed by atoms with Crippen molar-refractivity contribution in [3.05, 3.63) is 84.1 Å². The Hall–Kier alpha value is -2.77. The first-order valence-electron chi connectivity index (χ1n) is 7.47. The zero-order chi connectivity index (χ0) is 17.7. The van der Waals surface area contributed by atoms with Gasteiger partial charge in [-0.1, -0.05) is 30.3 Å². The van der Waals surface area contributed by atoms with Crippen LogP contribution in [0.3, 0.4) is 0 Å². The minimum atomic E-state index is -3.60. The fourth-order valence-corrected chi connectivity index (χ4v) is 3.11. The van der Waals surface area contributed by atoms with Crippen LogP contribution in [0, 0.1) is 5.82 Å². The third-order valence-corrected chi connectivity index (χ3v) is 4.77. The Labute approximate surface area is 144 Å². The number of rotatable bonds is 6. The smallest absolute Gasteiger partial charge is 0.240 e. The van der Waals surface area contributed by atoms with Gasteiger partial charge in [-0.2, -0.15) is 0 Å². The first-order chi connectivity index (χ1) is 12.0. The van der Waals surface area contributed by atoms with Gasteiger partial charge in [-0.05, 0) is 36.4 Å². The number of para-hydroxylation sites is 1. The van der Waals surface area contributed by atoms with E-state index < -0.39 is 15.8 Å². The Morgan fingerprint density at radius 1 is 1.00 bits per heavy atom. The van der Waals surface area contributed by atoms with Crippen molar-refractivity contribution in [3.8, 4) is 0 Å². The molecule has 0 atom stereocenters. The third-order valence-electron chi connectivity index (χ3n) is 3.36. The van der Waals surface area contributed by atoms with Crippen molar-refractivity contribution in [2.24, 2.45) is 4.99 Å². The van der Waals surface area contributed by atoms with Crippen molar-refractivity contribution < 1.29 is 17.2 Å². The fourth-order valence-electron chi connectivity index (χ4n) is 2.10. The van der Waals surface area contributed by atoms with Gasteiger partial charge in [0.1, 0.15) is 17.3 Å². The van der Waals surface area contributed by atoms with Crippen LogP contribution in [-0.4, -0.2) is 14.6 Å². The van der Waals surface area contributed by atoms with Crippen LogP contribution in [-0.2, 0) is 16.6 Å². The normalized spacial score (nSPS) is 11.9. The monoisotopic (exact) mass is 358 g/mol. The summed E-state index contributed by atoms with van der Waals surface area (Å²) in [5, 5.41) is 0. The molecule has 0 aliphatic rings. The fraction of sp³-hybridized carbons (Fsp3) is 0.0556. The lowest BCUT2D eigenvalue weighted by atomic mass is 10.3. The maximum atomic E-state index is 13.5. The van der Waals surface area contributed by atoms with Crippen LogP contribution < -0.4 is 4.72 Å². The van der Waals surface area contributed by atoms with Crippen LogP contribution in [0.4, 0.5) is 10.1 Å². The lowest BCUT2D eigenvalue weighted by Crippen LogP contribution is -2.22. The number of benzene rings is 2. The summed E-state index contributed by atoms with van der Waals surface area (Å²) < 4.78 is 45.7. The van der Waals surface area contributed by atoms with Gasteiger partial charge < -0.3 is 4.42 Å². The number of sulfonamides is 1. The van der Waals surface area contributed by atoms with Crippen molar-refractivity contribution in [3.63, 3.8) is 0 Å². The van der Waals surface area contributed by atoms with Gasteiger partial charge in [-0.25, -0.2) is 22.5 Å². The number of nitrogens with one attached hydrogen (secondary N) is 1. The van der Waals surface area contributed by atoms with E-state index in [0.29, 0.717) is 11.5 Å². The minimum Gasteiger partial charge on any atom is -0.459 e. The summed E-state index contributed by atoms with van der Waals surface area (Å²) in [6.07, 6.45) is 1.38. The van der Waals surface area contributed by atoms with Gasteiger partial charge in [0.25, 0.3) is 0 Å². The molecule has 0 fully saturated rings. The zero-order valence-electron chi connectivity index (χ0n) is 13.1. The average molecular weight is 358 g/mol. The molecule has 0 aliphatic carbocycles. The molecule has 0 saturated carbocycles. The van der Waals surface area contributed by atoms with E-state index in [9.17, 15) is 12.8 Å². The Balaban J connectivity index is 1.65. The summed E-state index contributed by atoms with van der Waals surface area (Å²) in [7, 11) is -3.60. The van der Waals surface area contributed by atoms with Gasteiger partial charge in [0.2, 0.25) is 10.0 Å². The molecule has 2 aromatic carbocycles. The number of hydrogen-bond donors (Lipinski definition) is 1. The molecule has 7 heteroatoms. The first kappa shape index (κ1) is 17.1. The van der Waals surface area contributed by atoms with Crippen LogP contribution in [0.25, 0.3) is 0 Å². The Morgan fingerprint density at radius 3 is 2.48 bits per heavy atom. The molecular formula is C18H15FN2O3S. The van der Waals surface area contributed by atoms with Gasteiger partial charge in [0, 0.05) is 0 Å². The summed E-state index contributed by atoms with van der Waals surface area (Å²) >= 11 is 0. The zero-order valence-corrected chi connectivity index (χ0v) is 13.9. The Bertz CT molecular complexity index is 982. The van der Waals surface area contributed by atoms with Gasteiger partial charge in [0.05, 0.1) is 23.3 Å². The molecule has 1 heterocycles. The van der Waals surface area contributed by atoms with Crippen molar-refractivity contribution in [1.29, 1.82) is 0 Å². The van der Waals surface area contributed by atoms with E-state index in [1.165, 1.54) is 24.4 Å². The Morgan fingerprint density at radius 2 is 1.72 bits per heavy atom. The first-order valence-corrected chi connectivity index (χ1v) is 8.95. The summed E-state index contributed by atoms with van der Waals surface area (Å²) in [5.41, 5.74) is 0.199. The quantitative estimate of drug-likeness (QED) is 0.684. The molecule has 0 spiro atoms. The highest BCUT2D eigenvalue weighted by Crippen LogP contribution is 2.17. The highest BCUT2D eigenvalue weighted by atomic mass is 32.2. The van der Waals surface area contributed by atoms with Gasteiger partial charge in [-0.15, -0.1) is 0 Å². The molecule has 5 nitrogen and oxygen atoms in total. The standard InChI is InChI=1S/C18H15FN2O3S/c19-17-8-4-5-9-18(17)20-12-14-10-11-15(24-14)13-21-25(22,23)16-6-2-1-3-7-16/h1-12,21H,13H2. The van der Waals surface area contributed by atoms with Crippen molar-refractivity contribution in [2.45, 2.75) is 11.4 Å². The van der Waals surface area contributed by atoms with E-state index in [4.69, 9.17) is 4.42 Å². The molecule has 0 unspecified atom stereocenters. The number of furan rings is 1. The van der Waals surface area contributed by atoms with E-state index in [1.54, 1.807) is 48.5 Å². The SMILES string of the molecule is O=S(=O)(NCc1ccc(C=Nc2ccccc2F)o1)c1ccccc1. The van der Waals surface area contributed by atoms with E-state index in [-0.39, 0.29) is 17.1 Å². The number of aliphatic imine (C=N–C) groups is 1. The van der Waals surface area contributed by atoms with Gasteiger partial charge in [-0.3, -0.25) is 0 Å². The number of halogens is 1. The highest BCUT2D eigenvalue weighted by molar-refractivity contribution is 7.89. The van der Waals surface area contributed by atoms with E-state index in [2.05, 4.69) is 9.71 Å². The van der Waals surface area contributed by atoms with Crippen LogP contribution in [0.2, 0.25) is 0 Å². The summed E-state index contributed by atoms with van der Waals surface area (Å²) in [4.78, 5) is 4.20. The molecule has 3 rings (SSSR count). The number of hydrogen-bond acceptors (Lipinski definition) is 4. The van der Waals surface area contributed by atoms with E-state index >= 15 is 0 Å². The topological polar surface area (TPSA) is 71.7 Å². The van der Waals surface area contributed by atoms with E-state index in [0.717, 1.165) is 0 Å². The van der Waals surface area contributed by atoms with Crippen molar-refractivity contribution in [2.75, 3.05) is 0 Å². The van der Waals surface area contributed by atoms with Crippen LogP contribution >= 0.6 is 0 Å². The maximum Gasteiger partial charge on any atom is 0.240 e. The Kier molecular flexibility index (Phi) is 5.06. The lowest BCUT2D eigenvalue weighted by molar-refractivity contribution is 0.494. The minimum absolute atomic E-state index is 0.00473. The third kappa shape index (κ3) is 4.40. The molecule has 3 aromatic rings. The highest BCUT2D eigenvalue weighted by Gasteiger charge is 2.13. The second kappa shape index (κ2) is 7.42. The van der Waals surface area contributed by atoms with E-state index in [1.807, 2.05) is 0 Å². The largest absolute Gasteiger partial charge is 0.459 e. The van der Waals surface area contributed by atoms with Gasteiger partial charge in [0.15, 0.2) is 0 Å². The predicted octanol–water partition coefficient (Wildman–Crippen LogP) is 3.65. The second-order valence-electron chi connectivity index (χ2n) is 5.15. The molecule has 0 radical (unpaired) electrons. The summed E-state index contributed by atoms with van der Waals surface area (Å²) in [5.74, 6) is 0.396. The molecule has 25 heavy (non-hydrogen) atoms. The van der Waals surface area contributed by atoms with Gasteiger partial charge >= 0.3 is 0 Å². The second-order valence-corrected chi connectivity index (χ2v) is 6.92. The van der Waals surface area contributed by atoms with Crippen molar-refractivity contribution >= 4 is 21.9 Å². The molecule has 0 amide bonds. The summed E-state index contributed by atoms with van der Waals surface area (Å²) in [6.45, 7) is 0.00473. The average Bonchev–Trinajstić information content (AvgIpc) is 3.08. The predicted molar refractivity (Wildman–Crippen MR) is 92.8 cm³/mol. The van der Waals surface area contributed by atoms with Crippen LogP contribution in [0.1, 0.15) is 11.5 Å². The maximum absolute atomic E-state index is 13.5. The molecule has 0 bridgehead atoms. The molecular weight excluding hydrogens is 343 g/mol. The number of nitrogens with zero attached hydrogens (tertiary/aromatic N) is 1. The van der Waals surface area contributed by atoms with Crippen LogP contribution in [0.15, 0.2) is 81.0 Å². The molecule has 128 valence electrons. The molecule has 0 saturated heterocycles. The molecule has 1 N–H and O–H groups in total.